The highest BCUT2D eigenvalue weighted by atomic mass is 79.9. The molecule has 0 aromatic heterocycles. The van der Waals surface area contributed by atoms with Gasteiger partial charge in [0.25, 0.3) is 5.91 Å². The Morgan fingerprint density at radius 3 is 2.36 bits per heavy atom. The van der Waals surface area contributed by atoms with Crippen LogP contribution in [0.1, 0.15) is 38.1 Å². The van der Waals surface area contributed by atoms with Crippen molar-refractivity contribution in [2.45, 2.75) is 38.6 Å². The zero-order valence-electron chi connectivity index (χ0n) is 16.0. The van der Waals surface area contributed by atoms with Gasteiger partial charge in [-0.15, -0.1) is 0 Å². The highest BCUT2D eigenvalue weighted by molar-refractivity contribution is 9.10. The molecule has 28 heavy (non-hydrogen) atoms. The number of amides is 3. The van der Waals surface area contributed by atoms with Gasteiger partial charge in [0.15, 0.2) is 6.61 Å². The van der Waals surface area contributed by atoms with E-state index in [9.17, 15) is 22.8 Å². The molecule has 1 aromatic rings. The molecule has 3 amide bonds. The number of carbonyl (C=O) groups excluding carboxylic acids is 3. The number of hydrogen-bond donors (Lipinski definition) is 3. The van der Waals surface area contributed by atoms with Gasteiger partial charge in [-0.1, -0.05) is 13.8 Å². The van der Waals surface area contributed by atoms with Crippen LogP contribution in [-0.4, -0.2) is 45.5 Å². The molecule has 3 N–H and O–H groups in total. The first-order valence-corrected chi connectivity index (χ1v) is 10.8. The van der Waals surface area contributed by atoms with Crippen molar-refractivity contribution in [3.8, 4) is 0 Å². The second-order valence-electron chi connectivity index (χ2n) is 6.65. The van der Waals surface area contributed by atoms with Crippen molar-refractivity contribution < 1.29 is 27.5 Å². The highest BCUT2D eigenvalue weighted by Gasteiger charge is 2.21. The number of sulfonamides is 1. The molecule has 9 nitrogen and oxygen atoms in total. The summed E-state index contributed by atoms with van der Waals surface area (Å²) in [4.78, 5) is 35.3. The number of hydrogen-bond acceptors (Lipinski definition) is 6. The lowest BCUT2D eigenvalue weighted by Gasteiger charge is -2.12. The Morgan fingerprint density at radius 2 is 1.79 bits per heavy atom. The number of esters is 1. The maximum Gasteiger partial charge on any atom is 0.339 e. The van der Waals surface area contributed by atoms with Crippen LogP contribution in [0.15, 0.2) is 27.6 Å². The van der Waals surface area contributed by atoms with Crippen LogP contribution < -0.4 is 15.4 Å². The molecule has 0 bridgehead atoms. The predicted molar refractivity (Wildman–Crippen MR) is 106 cm³/mol. The van der Waals surface area contributed by atoms with Gasteiger partial charge in [0.1, 0.15) is 0 Å². The number of imide groups is 1. The molecule has 0 aliphatic heterocycles. The van der Waals surface area contributed by atoms with E-state index in [0.29, 0.717) is 11.0 Å². The molecule has 0 atom stereocenters. The predicted octanol–water partition coefficient (Wildman–Crippen LogP) is 1.77. The standard InChI is InChI=1S/C17H24BrN3O6S/c1-10(2)8-19-17(24)20-15(22)9-27-16(23)13-7-12(5-6-14(13)18)28(25,26)21-11(3)4/h5-7,10-11,21H,8-9H2,1-4H3,(H2,19,20,22,24). The quantitative estimate of drug-likeness (QED) is 0.489. The summed E-state index contributed by atoms with van der Waals surface area (Å²) in [5.74, 6) is -1.51. The van der Waals surface area contributed by atoms with Crippen molar-refractivity contribution in [2.24, 2.45) is 5.92 Å². The summed E-state index contributed by atoms with van der Waals surface area (Å²) >= 11 is 3.15. The fourth-order valence-electron chi connectivity index (χ4n) is 1.92. The minimum absolute atomic E-state index is 0.0660. The maximum absolute atomic E-state index is 12.2. The van der Waals surface area contributed by atoms with Gasteiger partial charge in [0, 0.05) is 17.1 Å². The van der Waals surface area contributed by atoms with Crippen molar-refractivity contribution in [1.82, 2.24) is 15.4 Å². The van der Waals surface area contributed by atoms with Crippen molar-refractivity contribution in [3.63, 3.8) is 0 Å². The average Bonchev–Trinajstić information content (AvgIpc) is 2.57. The van der Waals surface area contributed by atoms with Gasteiger partial charge in [0.2, 0.25) is 10.0 Å². The zero-order chi connectivity index (χ0) is 21.5. The summed E-state index contributed by atoms with van der Waals surface area (Å²) in [6, 6.07) is 2.85. The SMILES string of the molecule is CC(C)CNC(=O)NC(=O)COC(=O)c1cc(S(=O)(=O)NC(C)C)ccc1Br. The van der Waals surface area contributed by atoms with Crippen LogP contribution in [0.25, 0.3) is 0 Å². The molecule has 0 aliphatic rings. The molecule has 0 radical (unpaired) electrons. The molecule has 0 heterocycles. The number of ether oxygens (including phenoxy) is 1. The zero-order valence-corrected chi connectivity index (χ0v) is 18.4. The molecule has 1 rings (SSSR count). The van der Waals surface area contributed by atoms with Crippen molar-refractivity contribution in [3.05, 3.63) is 28.2 Å². The summed E-state index contributed by atoms with van der Waals surface area (Å²) < 4.78 is 32.1. The second kappa shape index (κ2) is 10.5. The maximum atomic E-state index is 12.2. The highest BCUT2D eigenvalue weighted by Crippen LogP contribution is 2.22. The van der Waals surface area contributed by atoms with Gasteiger partial charge in [0.05, 0.1) is 10.5 Å². The first-order valence-electron chi connectivity index (χ1n) is 8.49. The molecule has 1 aromatic carbocycles. The summed E-state index contributed by atoms with van der Waals surface area (Å²) in [6.45, 7) is 6.82. The molecule has 0 saturated carbocycles. The van der Waals surface area contributed by atoms with Crippen LogP contribution in [0.5, 0.6) is 0 Å². The molecule has 0 saturated heterocycles. The molecular formula is C17H24BrN3O6S. The molecule has 11 heteroatoms. The number of urea groups is 1. The Bertz CT molecular complexity index is 839. The van der Waals surface area contributed by atoms with E-state index < -0.39 is 34.5 Å². The summed E-state index contributed by atoms with van der Waals surface area (Å²) in [7, 11) is -3.80. The van der Waals surface area contributed by atoms with Crippen LogP contribution in [-0.2, 0) is 19.6 Å². The molecule has 0 unspecified atom stereocenters. The average molecular weight is 478 g/mol. The summed E-state index contributed by atoms with van der Waals surface area (Å²) in [6.07, 6.45) is 0. The minimum atomic E-state index is -3.80. The molecule has 0 fully saturated rings. The van der Waals surface area contributed by atoms with E-state index in [0.717, 1.165) is 6.07 Å². The smallest absolute Gasteiger partial charge is 0.339 e. The number of halogens is 1. The first kappa shape index (κ1) is 24.1. The van der Waals surface area contributed by atoms with Gasteiger partial charge in [-0.3, -0.25) is 10.1 Å². The largest absolute Gasteiger partial charge is 0.452 e. The van der Waals surface area contributed by atoms with Crippen molar-refractivity contribution in [1.29, 1.82) is 0 Å². The lowest BCUT2D eigenvalue weighted by Crippen LogP contribution is -2.42. The van der Waals surface area contributed by atoms with Crippen LogP contribution in [0.3, 0.4) is 0 Å². The van der Waals surface area contributed by atoms with Crippen LogP contribution in [0.4, 0.5) is 4.79 Å². The Kier molecular flexibility index (Phi) is 9.05. The molecule has 0 spiro atoms. The van der Waals surface area contributed by atoms with E-state index in [4.69, 9.17) is 4.74 Å². The third-order valence-electron chi connectivity index (χ3n) is 3.12. The Labute approximate surface area is 172 Å². The van der Waals surface area contributed by atoms with Gasteiger partial charge in [-0.05, 0) is 53.9 Å². The summed E-state index contributed by atoms with van der Waals surface area (Å²) in [5.41, 5.74) is -0.0660. The van der Waals surface area contributed by atoms with E-state index in [1.54, 1.807) is 13.8 Å². The Morgan fingerprint density at radius 1 is 1.14 bits per heavy atom. The van der Waals surface area contributed by atoms with Gasteiger partial charge in [-0.2, -0.15) is 0 Å². The Balaban J connectivity index is 2.75. The van der Waals surface area contributed by atoms with Crippen molar-refractivity contribution in [2.75, 3.05) is 13.2 Å². The van der Waals surface area contributed by atoms with E-state index in [-0.39, 0.29) is 22.4 Å². The van der Waals surface area contributed by atoms with E-state index in [1.807, 2.05) is 19.2 Å². The fraction of sp³-hybridized carbons (Fsp3) is 0.471. The second-order valence-corrected chi connectivity index (χ2v) is 9.21. The lowest BCUT2D eigenvalue weighted by molar-refractivity contribution is -0.123. The van der Waals surface area contributed by atoms with E-state index >= 15 is 0 Å². The number of rotatable bonds is 8. The van der Waals surface area contributed by atoms with E-state index in [1.165, 1.54) is 12.1 Å². The molecular weight excluding hydrogens is 454 g/mol. The first-order chi connectivity index (χ1) is 12.9. The minimum Gasteiger partial charge on any atom is -0.452 e. The van der Waals surface area contributed by atoms with Crippen LogP contribution in [0.2, 0.25) is 0 Å². The third kappa shape index (κ3) is 7.95. The van der Waals surface area contributed by atoms with Crippen LogP contribution >= 0.6 is 15.9 Å². The molecule has 156 valence electrons. The van der Waals surface area contributed by atoms with Gasteiger partial charge in [-0.25, -0.2) is 22.7 Å². The number of carbonyl (C=O) groups is 3. The normalized spacial score (nSPS) is 11.4. The van der Waals surface area contributed by atoms with Gasteiger partial charge >= 0.3 is 12.0 Å². The number of nitrogens with one attached hydrogen (secondary N) is 3. The van der Waals surface area contributed by atoms with Crippen LogP contribution in [0, 0.1) is 5.92 Å². The third-order valence-corrected chi connectivity index (χ3v) is 5.46. The van der Waals surface area contributed by atoms with Gasteiger partial charge < -0.3 is 10.1 Å². The molecule has 0 aliphatic carbocycles. The fourth-order valence-corrected chi connectivity index (χ4v) is 3.60. The topological polar surface area (TPSA) is 131 Å². The number of benzene rings is 1. The summed E-state index contributed by atoms with van der Waals surface area (Å²) in [5, 5.41) is 4.52. The monoisotopic (exact) mass is 477 g/mol. The van der Waals surface area contributed by atoms with E-state index in [2.05, 4.69) is 26.0 Å². The van der Waals surface area contributed by atoms with Crippen molar-refractivity contribution >= 4 is 43.9 Å². The Hall–Kier alpha value is -1.98. The lowest BCUT2D eigenvalue weighted by atomic mass is 10.2.